The van der Waals surface area contributed by atoms with Crippen molar-refractivity contribution in [2.75, 3.05) is 23.3 Å². The highest BCUT2D eigenvalue weighted by Gasteiger charge is 2.21. The zero-order chi connectivity index (χ0) is 10.8. The van der Waals surface area contributed by atoms with E-state index < -0.39 is 0 Å². The summed E-state index contributed by atoms with van der Waals surface area (Å²) in [6.45, 7) is 0.730. The van der Waals surface area contributed by atoms with E-state index >= 15 is 0 Å². The molecule has 0 radical (unpaired) electrons. The van der Waals surface area contributed by atoms with Crippen LogP contribution >= 0.6 is 12.2 Å². The Balaban J connectivity index is 2.33. The van der Waals surface area contributed by atoms with Gasteiger partial charge in [-0.25, -0.2) is 0 Å². The topological polar surface area (TPSA) is 58.4 Å². The number of nitrogens with one attached hydrogen (secondary N) is 1. The number of nitrogens with two attached hydrogens (primary N) is 1. The van der Waals surface area contributed by atoms with Crippen LogP contribution in [0, 0.1) is 0 Å². The van der Waals surface area contributed by atoms with Gasteiger partial charge >= 0.3 is 0 Å². The summed E-state index contributed by atoms with van der Waals surface area (Å²) in [4.78, 5) is 13.6. The van der Waals surface area contributed by atoms with E-state index in [2.05, 4.69) is 5.32 Å². The molecular weight excluding hydrogens is 210 g/mol. The van der Waals surface area contributed by atoms with Gasteiger partial charge in [-0.15, -0.1) is 0 Å². The summed E-state index contributed by atoms with van der Waals surface area (Å²) in [5.74, 6) is -0.0371. The largest absolute Gasteiger partial charge is 0.392 e. The lowest BCUT2D eigenvalue weighted by Gasteiger charge is -2.30. The van der Waals surface area contributed by atoms with Crippen LogP contribution in [0.4, 0.5) is 11.4 Å². The van der Waals surface area contributed by atoms with Crippen LogP contribution in [0.3, 0.4) is 0 Å². The fourth-order valence-electron chi connectivity index (χ4n) is 1.63. The highest BCUT2D eigenvalue weighted by molar-refractivity contribution is 7.80. The highest BCUT2D eigenvalue weighted by Crippen LogP contribution is 2.28. The molecule has 0 bridgehead atoms. The number of hydrogen-bond donors (Lipinski definition) is 2. The summed E-state index contributed by atoms with van der Waals surface area (Å²) in [5, 5.41) is 2.80. The third-order valence-corrected chi connectivity index (χ3v) is 2.33. The Morgan fingerprint density at radius 3 is 3.00 bits per heavy atom. The lowest BCUT2D eigenvalue weighted by atomic mass is 10.2. The number of para-hydroxylation sites is 2. The van der Waals surface area contributed by atoms with E-state index in [4.69, 9.17) is 18.0 Å². The molecule has 15 heavy (non-hydrogen) atoms. The van der Waals surface area contributed by atoms with Crippen molar-refractivity contribution in [2.45, 2.75) is 0 Å². The molecule has 1 heterocycles. The highest BCUT2D eigenvalue weighted by atomic mass is 32.1. The first kappa shape index (κ1) is 9.92. The molecule has 1 aliphatic heterocycles. The average Bonchev–Trinajstić information content (AvgIpc) is 2.16. The van der Waals surface area contributed by atoms with Gasteiger partial charge < -0.3 is 16.0 Å². The Bertz CT molecular complexity index is 419. The molecule has 1 aromatic carbocycles. The van der Waals surface area contributed by atoms with E-state index in [-0.39, 0.29) is 5.91 Å². The summed E-state index contributed by atoms with van der Waals surface area (Å²) in [7, 11) is 0. The molecule has 3 N–H and O–H groups in total. The van der Waals surface area contributed by atoms with Crippen molar-refractivity contribution < 1.29 is 4.79 Å². The molecule has 0 spiro atoms. The predicted octanol–water partition coefficient (Wildman–Crippen LogP) is 0.731. The Labute approximate surface area is 93.1 Å². The third kappa shape index (κ3) is 2.07. The van der Waals surface area contributed by atoms with Crippen LogP contribution in [-0.2, 0) is 4.79 Å². The van der Waals surface area contributed by atoms with Gasteiger partial charge in [0.1, 0.15) is 0 Å². The molecule has 78 valence electrons. The van der Waals surface area contributed by atoms with Crippen molar-refractivity contribution in [1.29, 1.82) is 0 Å². The molecular formula is C10H11N3OS. The molecule has 4 nitrogen and oxygen atoms in total. The smallest absolute Gasteiger partial charge is 0.243 e. The van der Waals surface area contributed by atoms with Gasteiger partial charge in [0, 0.05) is 0 Å². The lowest BCUT2D eigenvalue weighted by molar-refractivity contribution is -0.115. The van der Waals surface area contributed by atoms with Crippen molar-refractivity contribution >= 4 is 34.5 Å². The molecule has 5 heteroatoms. The minimum atomic E-state index is -0.0371. The van der Waals surface area contributed by atoms with Crippen LogP contribution < -0.4 is 16.0 Å². The van der Waals surface area contributed by atoms with Crippen molar-refractivity contribution in [3.8, 4) is 0 Å². The predicted molar refractivity (Wildman–Crippen MR) is 64.1 cm³/mol. The van der Waals surface area contributed by atoms with Crippen molar-refractivity contribution in [2.24, 2.45) is 5.73 Å². The van der Waals surface area contributed by atoms with Crippen molar-refractivity contribution in [3.63, 3.8) is 0 Å². The summed E-state index contributed by atoms with van der Waals surface area (Å²) < 4.78 is 0. The Kier molecular flexibility index (Phi) is 2.55. The Morgan fingerprint density at radius 1 is 1.53 bits per heavy atom. The Morgan fingerprint density at radius 2 is 2.27 bits per heavy atom. The van der Waals surface area contributed by atoms with E-state index in [1.165, 1.54) is 0 Å². The molecule has 2 rings (SSSR count). The summed E-state index contributed by atoms with van der Waals surface area (Å²) in [6, 6.07) is 7.60. The summed E-state index contributed by atoms with van der Waals surface area (Å²) in [6.07, 6.45) is 0. The maximum Gasteiger partial charge on any atom is 0.243 e. The number of rotatable bonds is 2. The van der Waals surface area contributed by atoms with Gasteiger partial charge in [0.15, 0.2) is 0 Å². The first-order chi connectivity index (χ1) is 7.16. The third-order valence-electron chi connectivity index (χ3n) is 2.20. The standard InChI is InChI=1S/C10H11N3OS/c11-9(15)5-13-6-10(14)12-7-3-1-2-4-8(7)13/h1-4H,5-6H2,(H2,11,15)(H,12,14). The summed E-state index contributed by atoms with van der Waals surface area (Å²) >= 11 is 4.85. The molecule has 0 saturated carbocycles. The van der Waals surface area contributed by atoms with E-state index in [0.717, 1.165) is 11.4 Å². The lowest BCUT2D eigenvalue weighted by Crippen LogP contribution is -2.42. The minimum Gasteiger partial charge on any atom is -0.392 e. The van der Waals surface area contributed by atoms with Crippen LogP contribution in [0.5, 0.6) is 0 Å². The van der Waals surface area contributed by atoms with Crippen LogP contribution in [0.25, 0.3) is 0 Å². The second kappa shape index (κ2) is 3.86. The van der Waals surface area contributed by atoms with Gasteiger partial charge in [-0.1, -0.05) is 24.4 Å². The van der Waals surface area contributed by atoms with Crippen LogP contribution in [-0.4, -0.2) is 24.0 Å². The number of hydrogen-bond acceptors (Lipinski definition) is 3. The molecule has 0 aliphatic carbocycles. The van der Waals surface area contributed by atoms with Gasteiger partial charge in [0.25, 0.3) is 0 Å². The van der Waals surface area contributed by atoms with Gasteiger partial charge in [-0.05, 0) is 12.1 Å². The minimum absolute atomic E-state index is 0.0371. The number of thiocarbonyl (C=S) groups is 1. The SMILES string of the molecule is NC(=S)CN1CC(=O)Nc2ccccc21. The number of carbonyl (C=O) groups is 1. The first-order valence-electron chi connectivity index (χ1n) is 4.59. The fourth-order valence-corrected chi connectivity index (χ4v) is 1.79. The quantitative estimate of drug-likeness (QED) is 0.723. The molecule has 0 aromatic heterocycles. The maximum atomic E-state index is 11.4. The summed E-state index contributed by atoms with van der Waals surface area (Å²) in [5.41, 5.74) is 7.26. The number of carbonyl (C=O) groups excluding carboxylic acids is 1. The molecule has 0 atom stereocenters. The molecule has 1 amide bonds. The zero-order valence-corrected chi connectivity index (χ0v) is 8.88. The second-order valence-electron chi connectivity index (χ2n) is 3.39. The van der Waals surface area contributed by atoms with Crippen LogP contribution in [0.1, 0.15) is 0 Å². The van der Waals surface area contributed by atoms with Crippen molar-refractivity contribution in [3.05, 3.63) is 24.3 Å². The molecule has 0 fully saturated rings. The number of benzene rings is 1. The second-order valence-corrected chi connectivity index (χ2v) is 3.91. The van der Waals surface area contributed by atoms with E-state index in [9.17, 15) is 4.79 Å². The van der Waals surface area contributed by atoms with Crippen LogP contribution in [0.15, 0.2) is 24.3 Å². The molecule has 0 saturated heterocycles. The van der Waals surface area contributed by atoms with Gasteiger partial charge in [-0.2, -0.15) is 0 Å². The van der Waals surface area contributed by atoms with Gasteiger partial charge in [0.2, 0.25) is 5.91 Å². The molecule has 1 aliphatic rings. The zero-order valence-electron chi connectivity index (χ0n) is 8.06. The molecule has 0 unspecified atom stereocenters. The van der Waals surface area contributed by atoms with E-state index in [0.29, 0.717) is 18.1 Å². The molecule has 1 aromatic rings. The van der Waals surface area contributed by atoms with E-state index in [1.54, 1.807) is 0 Å². The fraction of sp³-hybridized carbons (Fsp3) is 0.200. The van der Waals surface area contributed by atoms with Crippen LogP contribution in [0.2, 0.25) is 0 Å². The van der Waals surface area contributed by atoms with E-state index in [1.807, 2.05) is 29.2 Å². The maximum absolute atomic E-state index is 11.4. The Hall–Kier alpha value is -1.62. The first-order valence-corrected chi connectivity index (χ1v) is 5.00. The monoisotopic (exact) mass is 221 g/mol. The van der Waals surface area contributed by atoms with Gasteiger partial charge in [-0.3, -0.25) is 4.79 Å². The van der Waals surface area contributed by atoms with Gasteiger partial charge in [0.05, 0.1) is 29.5 Å². The number of anilines is 2. The number of nitrogens with zero attached hydrogens (tertiary/aromatic N) is 1. The number of amides is 1. The number of fused-ring (bicyclic) bond motifs is 1. The van der Waals surface area contributed by atoms with Crippen molar-refractivity contribution in [1.82, 2.24) is 0 Å². The normalized spacial score (nSPS) is 14.4. The average molecular weight is 221 g/mol.